The van der Waals surface area contributed by atoms with Gasteiger partial charge in [0, 0.05) is 18.3 Å². The summed E-state index contributed by atoms with van der Waals surface area (Å²) in [5, 5.41) is 0. The van der Waals surface area contributed by atoms with Crippen molar-refractivity contribution in [1.82, 2.24) is 4.90 Å². The van der Waals surface area contributed by atoms with Crippen LogP contribution >= 0.6 is 0 Å². The maximum atomic E-state index is 13.1. The normalized spacial score (nSPS) is 23.9. The molecule has 0 spiro atoms. The number of nitrogens with zero attached hydrogens (tertiary/aromatic N) is 1. The molecule has 1 atom stereocenters. The van der Waals surface area contributed by atoms with Crippen molar-refractivity contribution in [3.8, 4) is 0 Å². The van der Waals surface area contributed by atoms with Crippen molar-refractivity contribution in [1.29, 1.82) is 0 Å². The minimum atomic E-state index is -0.239. The number of hydrogen-bond acceptors (Lipinski definition) is 2. The number of anilines is 1. The molecule has 3 rings (SSSR count). The molecule has 1 saturated carbocycles. The van der Waals surface area contributed by atoms with Gasteiger partial charge in [-0.05, 0) is 56.2 Å². The second-order valence-electron chi connectivity index (χ2n) is 6.64. The third kappa shape index (κ3) is 2.66. The molecule has 1 aliphatic heterocycles. The summed E-state index contributed by atoms with van der Waals surface area (Å²) in [7, 11) is 0. The molecule has 2 aliphatic rings. The highest BCUT2D eigenvalue weighted by Crippen LogP contribution is 2.50. The molecule has 0 radical (unpaired) electrons. The lowest BCUT2D eigenvalue weighted by Gasteiger charge is -2.38. The van der Waals surface area contributed by atoms with Crippen LogP contribution in [0.2, 0.25) is 0 Å². The maximum absolute atomic E-state index is 13.1. The Balaban J connectivity index is 1.81. The van der Waals surface area contributed by atoms with E-state index in [4.69, 9.17) is 5.73 Å². The first-order valence-corrected chi connectivity index (χ1v) is 8.34. The van der Waals surface area contributed by atoms with Crippen molar-refractivity contribution < 1.29 is 4.79 Å². The molecule has 1 aliphatic carbocycles. The van der Waals surface area contributed by atoms with E-state index in [2.05, 4.69) is 11.8 Å². The van der Waals surface area contributed by atoms with Crippen LogP contribution < -0.4 is 5.73 Å². The minimum Gasteiger partial charge on any atom is -0.399 e. The summed E-state index contributed by atoms with van der Waals surface area (Å²) in [5.74, 6) is 0.366. The Morgan fingerprint density at radius 1 is 1.29 bits per heavy atom. The van der Waals surface area contributed by atoms with E-state index in [-0.39, 0.29) is 5.41 Å². The molecule has 1 saturated heterocycles. The Morgan fingerprint density at radius 3 is 2.62 bits per heavy atom. The Kier molecular flexibility index (Phi) is 3.92. The predicted molar refractivity (Wildman–Crippen MR) is 86.0 cm³/mol. The second kappa shape index (κ2) is 5.70. The summed E-state index contributed by atoms with van der Waals surface area (Å²) < 4.78 is 0. The van der Waals surface area contributed by atoms with Crippen molar-refractivity contribution in [3.63, 3.8) is 0 Å². The van der Waals surface area contributed by atoms with E-state index in [9.17, 15) is 4.79 Å². The second-order valence-corrected chi connectivity index (χ2v) is 6.64. The van der Waals surface area contributed by atoms with Crippen LogP contribution in [0.3, 0.4) is 0 Å². The van der Waals surface area contributed by atoms with Gasteiger partial charge < -0.3 is 10.6 Å². The Labute approximate surface area is 127 Å². The van der Waals surface area contributed by atoms with E-state index in [1.807, 2.05) is 24.3 Å². The van der Waals surface area contributed by atoms with Gasteiger partial charge in [0.2, 0.25) is 5.91 Å². The van der Waals surface area contributed by atoms with Crippen LogP contribution in [0.5, 0.6) is 0 Å². The van der Waals surface area contributed by atoms with Crippen LogP contribution in [0, 0.1) is 0 Å². The molecule has 0 aromatic heterocycles. The number of rotatable bonds is 4. The fraction of sp³-hybridized carbons (Fsp3) is 0.611. The van der Waals surface area contributed by atoms with E-state index < -0.39 is 0 Å². The Hall–Kier alpha value is -1.51. The zero-order chi connectivity index (χ0) is 14.9. The van der Waals surface area contributed by atoms with Crippen LogP contribution in [0.25, 0.3) is 0 Å². The Morgan fingerprint density at radius 2 is 2.00 bits per heavy atom. The summed E-state index contributed by atoms with van der Waals surface area (Å²) in [6.07, 6.45) is 7.88. The number of amides is 1. The van der Waals surface area contributed by atoms with Gasteiger partial charge in [-0.3, -0.25) is 4.79 Å². The lowest BCUT2D eigenvalue weighted by atomic mass is 9.90. The topological polar surface area (TPSA) is 46.3 Å². The maximum Gasteiger partial charge on any atom is 0.233 e. The molecule has 1 amide bonds. The van der Waals surface area contributed by atoms with Crippen molar-refractivity contribution >= 4 is 11.6 Å². The van der Waals surface area contributed by atoms with Crippen molar-refractivity contribution in [3.05, 3.63) is 29.8 Å². The summed E-state index contributed by atoms with van der Waals surface area (Å²) in [5.41, 5.74) is 7.46. The Bertz CT molecular complexity index is 502. The first kappa shape index (κ1) is 14.4. The number of benzene rings is 1. The third-order valence-electron chi connectivity index (χ3n) is 5.13. The molecule has 1 heterocycles. The predicted octanol–water partition coefficient (Wildman–Crippen LogP) is 3.48. The zero-order valence-corrected chi connectivity index (χ0v) is 13.0. The molecule has 2 N–H and O–H groups in total. The van der Waals surface area contributed by atoms with E-state index in [1.165, 1.54) is 12.8 Å². The lowest BCUT2D eigenvalue weighted by Crippen LogP contribution is -2.48. The number of likely N-dealkylation sites (tertiary alicyclic amines) is 1. The van der Waals surface area contributed by atoms with Crippen LogP contribution in [0.15, 0.2) is 24.3 Å². The molecule has 3 heteroatoms. The van der Waals surface area contributed by atoms with Crippen molar-refractivity contribution in [2.75, 3.05) is 12.3 Å². The van der Waals surface area contributed by atoms with Gasteiger partial charge in [0.15, 0.2) is 0 Å². The first-order valence-electron chi connectivity index (χ1n) is 8.34. The molecule has 0 bridgehead atoms. The highest BCUT2D eigenvalue weighted by Gasteiger charge is 2.53. The SMILES string of the molecule is CCCC1CCCCN1C(=O)C1(c2ccc(N)cc2)CC1. The average Bonchev–Trinajstić information content (AvgIpc) is 3.30. The number of carbonyl (C=O) groups excluding carboxylic acids is 1. The minimum absolute atomic E-state index is 0.239. The number of hydrogen-bond donors (Lipinski definition) is 1. The summed E-state index contributed by atoms with van der Waals surface area (Å²) in [6.45, 7) is 3.16. The zero-order valence-electron chi connectivity index (χ0n) is 13.0. The number of carbonyl (C=O) groups is 1. The van der Waals surface area contributed by atoms with E-state index in [0.29, 0.717) is 11.9 Å². The molecule has 1 aromatic rings. The van der Waals surface area contributed by atoms with Gasteiger partial charge in [-0.1, -0.05) is 25.5 Å². The van der Waals surface area contributed by atoms with E-state index in [0.717, 1.165) is 49.9 Å². The van der Waals surface area contributed by atoms with Gasteiger partial charge in [0.05, 0.1) is 5.41 Å². The van der Waals surface area contributed by atoms with Crippen LogP contribution in [-0.4, -0.2) is 23.4 Å². The number of nitrogen functional groups attached to an aromatic ring is 1. The van der Waals surface area contributed by atoms with Crippen LogP contribution in [-0.2, 0) is 10.2 Å². The monoisotopic (exact) mass is 286 g/mol. The van der Waals surface area contributed by atoms with Gasteiger partial charge in [0.25, 0.3) is 0 Å². The van der Waals surface area contributed by atoms with Gasteiger partial charge in [-0.2, -0.15) is 0 Å². The molecule has 3 nitrogen and oxygen atoms in total. The van der Waals surface area contributed by atoms with Crippen LogP contribution in [0.1, 0.15) is 57.4 Å². The molecule has 21 heavy (non-hydrogen) atoms. The van der Waals surface area contributed by atoms with Crippen molar-refractivity contribution in [2.45, 2.75) is 63.3 Å². The van der Waals surface area contributed by atoms with Gasteiger partial charge in [-0.25, -0.2) is 0 Å². The van der Waals surface area contributed by atoms with Crippen molar-refractivity contribution in [2.24, 2.45) is 0 Å². The van der Waals surface area contributed by atoms with Gasteiger partial charge >= 0.3 is 0 Å². The highest BCUT2D eigenvalue weighted by atomic mass is 16.2. The van der Waals surface area contributed by atoms with E-state index >= 15 is 0 Å². The number of nitrogens with two attached hydrogens (primary N) is 1. The standard InChI is InChI=1S/C18H26N2O/c1-2-5-16-6-3-4-13-20(16)17(21)18(11-12-18)14-7-9-15(19)10-8-14/h7-10,16H,2-6,11-13,19H2,1H3. The molecular formula is C18H26N2O. The molecular weight excluding hydrogens is 260 g/mol. The summed E-state index contributed by atoms with van der Waals surface area (Å²) in [6, 6.07) is 8.38. The molecule has 2 fully saturated rings. The smallest absolute Gasteiger partial charge is 0.233 e. The van der Waals surface area contributed by atoms with Gasteiger partial charge in [-0.15, -0.1) is 0 Å². The van der Waals surface area contributed by atoms with Gasteiger partial charge in [0.1, 0.15) is 0 Å². The quantitative estimate of drug-likeness (QED) is 0.861. The largest absolute Gasteiger partial charge is 0.399 e. The fourth-order valence-corrected chi connectivity index (χ4v) is 3.73. The molecule has 1 unspecified atom stereocenters. The average molecular weight is 286 g/mol. The molecule has 1 aromatic carbocycles. The fourth-order valence-electron chi connectivity index (χ4n) is 3.73. The number of piperidine rings is 1. The first-order chi connectivity index (χ1) is 10.2. The molecule has 114 valence electrons. The van der Waals surface area contributed by atoms with Crippen LogP contribution in [0.4, 0.5) is 5.69 Å². The lowest BCUT2D eigenvalue weighted by molar-refractivity contribution is -0.137. The third-order valence-corrected chi connectivity index (χ3v) is 5.13. The van der Waals surface area contributed by atoms with E-state index in [1.54, 1.807) is 0 Å². The summed E-state index contributed by atoms with van der Waals surface area (Å²) >= 11 is 0. The highest BCUT2D eigenvalue weighted by molar-refractivity contribution is 5.91. The summed E-state index contributed by atoms with van der Waals surface area (Å²) in [4.78, 5) is 15.3.